The fraction of sp³-hybridized carbons (Fsp3) is 0.391. The van der Waals surface area contributed by atoms with Gasteiger partial charge in [-0.3, -0.25) is 9.59 Å². The van der Waals surface area contributed by atoms with Crippen LogP contribution in [0.3, 0.4) is 0 Å². The smallest absolute Gasteiger partial charge is 0.253 e. The molecule has 6 nitrogen and oxygen atoms in total. The molecule has 2 N–H and O–H groups in total. The molecule has 2 rings (SSSR count). The third kappa shape index (κ3) is 6.82. The van der Waals surface area contributed by atoms with Crippen LogP contribution in [0.2, 0.25) is 0 Å². The van der Waals surface area contributed by atoms with Crippen molar-refractivity contribution < 1.29 is 14.3 Å². The predicted octanol–water partition coefficient (Wildman–Crippen LogP) is 4.40. The van der Waals surface area contributed by atoms with Crippen LogP contribution in [0.5, 0.6) is 5.75 Å². The molecular formula is C23H31N3O3. The molecule has 29 heavy (non-hydrogen) atoms. The van der Waals surface area contributed by atoms with Crippen molar-refractivity contribution in [1.82, 2.24) is 4.90 Å². The molecule has 156 valence electrons. The molecule has 0 saturated carbocycles. The van der Waals surface area contributed by atoms with Crippen LogP contribution < -0.4 is 15.4 Å². The van der Waals surface area contributed by atoms with E-state index in [-0.39, 0.29) is 18.4 Å². The van der Waals surface area contributed by atoms with Gasteiger partial charge in [-0.05, 0) is 56.2 Å². The van der Waals surface area contributed by atoms with E-state index in [9.17, 15) is 9.59 Å². The molecule has 0 aromatic heterocycles. The third-order valence-electron chi connectivity index (χ3n) is 4.32. The van der Waals surface area contributed by atoms with Gasteiger partial charge in [0.15, 0.2) is 0 Å². The van der Waals surface area contributed by atoms with Gasteiger partial charge in [-0.1, -0.05) is 26.0 Å². The number of hydrogen-bond acceptors (Lipinski definition) is 4. The molecule has 0 heterocycles. The Morgan fingerprint density at radius 1 is 0.931 bits per heavy atom. The van der Waals surface area contributed by atoms with Crippen LogP contribution in [0.1, 0.15) is 44.0 Å². The molecule has 0 unspecified atom stereocenters. The van der Waals surface area contributed by atoms with Crippen molar-refractivity contribution in [3.05, 3.63) is 54.1 Å². The summed E-state index contributed by atoms with van der Waals surface area (Å²) in [6, 6.07) is 14.5. The van der Waals surface area contributed by atoms with Crippen molar-refractivity contribution in [3.63, 3.8) is 0 Å². The van der Waals surface area contributed by atoms with Gasteiger partial charge in [0, 0.05) is 24.3 Å². The lowest BCUT2D eigenvalue weighted by molar-refractivity contribution is -0.114. The molecule has 0 fully saturated rings. The summed E-state index contributed by atoms with van der Waals surface area (Å²) in [5, 5.41) is 5.94. The first-order chi connectivity index (χ1) is 14.1. The molecule has 0 aliphatic heterocycles. The second-order valence-electron chi connectivity index (χ2n) is 6.70. The zero-order chi connectivity index (χ0) is 21.1. The number of nitrogens with zero attached hydrogens (tertiary/aromatic N) is 1. The van der Waals surface area contributed by atoms with E-state index in [2.05, 4.69) is 24.5 Å². The summed E-state index contributed by atoms with van der Waals surface area (Å²) in [5.41, 5.74) is 2.06. The third-order valence-corrected chi connectivity index (χ3v) is 4.32. The molecule has 2 aromatic carbocycles. The molecule has 0 spiro atoms. The first-order valence-electron chi connectivity index (χ1n) is 10.2. The lowest BCUT2D eigenvalue weighted by Gasteiger charge is -2.21. The normalized spacial score (nSPS) is 10.3. The molecule has 0 radical (unpaired) electrons. The van der Waals surface area contributed by atoms with Gasteiger partial charge in [0.2, 0.25) is 5.91 Å². The number of para-hydroxylation sites is 2. The van der Waals surface area contributed by atoms with Crippen LogP contribution in [0.15, 0.2) is 48.5 Å². The van der Waals surface area contributed by atoms with E-state index in [1.54, 1.807) is 24.3 Å². The fourth-order valence-corrected chi connectivity index (χ4v) is 3.01. The number of ether oxygens (including phenoxy) is 1. The number of carbonyl (C=O) groups excluding carboxylic acids is 2. The highest BCUT2D eigenvalue weighted by atomic mass is 16.5. The van der Waals surface area contributed by atoms with E-state index in [4.69, 9.17) is 4.74 Å². The molecule has 2 aromatic rings. The first-order valence-corrected chi connectivity index (χ1v) is 10.2. The minimum atomic E-state index is -0.172. The molecule has 0 aliphatic carbocycles. The highest BCUT2D eigenvalue weighted by Crippen LogP contribution is 2.23. The minimum absolute atomic E-state index is 0.0285. The van der Waals surface area contributed by atoms with E-state index in [1.165, 1.54) is 0 Å². The van der Waals surface area contributed by atoms with Gasteiger partial charge >= 0.3 is 0 Å². The number of hydrogen-bond donors (Lipinski definition) is 2. The average molecular weight is 398 g/mol. The van der Waals surface area contributed by atoms with Crippen molar-refractivity contribution in [2.75, 3.05) is 36.9 Å². The number of nitrogens with one attached hydrogen (secondary N) is 2. The maximum atomic E-state index is 12.6. The van der Waals surface area contributed by atoms with Gasteiger partial charge in [-0.2, -0.15) is 0 Å². The Morgan fingerprint density at radius 2 is 1.59 bits per heavy atom. The Balaban J connectivity index is 1.92. The summed E-state index contributed by atoms with van der Waals surface area (Å²) in [6.07, 6.45) is 1.86. The molecule has 0 bridgehead atoms. The zero-order valence-corrected chi connectivity index (χ0v) is 17.5. The van der Waals surface area contributed by atoms with E-state index in [0.29, 0.717) is 17.9 Å². The first kappa shape index (κ1) is 22.3. The van der Waals surface area contributed by atoms with Crippen molar-refractivity contribution in [1.29, 1.82) is 0 Å². The highest BCUT2D eigenvalue weighted by Gasteiger charge is 2.14. The lowest BCUT2D eigenvalue weighted by Crippen LogP contribution is -2.32. The van der Waals surface area contributed by atoms with Crippen LogP contribution in [0.25, 0.3) is 0 Å². The highest BCUT2D eigenvalue weighted by molar-refractivity contribution is 5.96. The second-order valence-corrected chi connectivity index (χ2v) is 6.70. The van der Waals surface area contributed by atoms with Crippen molar-refractivity contribution >= 4 is 23.2 Å². The van der Waals surface area contributed by atoms with Crippen LogP contribution >= 0.6 is 0 Å². The maximum Gasteiger partial charge on any atom is 0.253 e. The summed E-state index contributed by atoms with van der Waals surface area (Å²) >= 11 is 0. The zero-order valence-electron chi connectivity index (χ0n) is 17.5. The Bertz CT molecular complexity index is 784. The summed E-state index contributed by atoms with van der Waals surface area (Å²) in [7, 11) is 0. The Labute approximate surface area is 173 Å². The summed E-state index contributed by atoms with van der Waals surface area (Å²) < 4.78 is 5.55. The van der Waals surface area contributed by atoms with Gasteiger partial charge in [-0.15, -0.1) is 0 Å². The van der Waals surface area contributed by atoms with Gasteiger partial charge < -0.3 is 20.3 Å². The van der Waals surface area contributed by atoms with Gasteiger partial charge in [0.25, 0.3) is 5.91 Å². The van der Waals surface area contributed by atoms with Crippen LogP contribution in [-0.4, -0.2) is 43.0 Å². The SMILES string of the molecule is CCCN(CCC)C(=O)c1ccc(NC(=O)CNc2ccccc2OCC)cc1. The van der Waals surface area contributed by atoms with Crippen molar-refractivity contribution in [2.45, 2.75) is 33.6 Å². The van der Waals surface area contributed by atoms with Crippen LogP contribution in [-0.2, 0) is 4.79 Å². The van der Waals surface area contributed by atoms with E-state index >= 15 is 0 Å². The van der Waals surface area contributed by atoms with Gasteiger partial charge in [0.1, 0.15) is 5.75 Å². The number of benzene rings is 2. The Kier molecular flexibility index (Phi) is 9.02. The largest absolute Gasteiger partial charge is 0.492 e. The van der Waals surface area contributed by atoms with E-state index in [0.717, 1.165) is 37.4 Å². The van der Waals surface area contributed by atoms with Crippen molar-refractivity contribution in [2.24, 2.45) is 0 Å². The summed E-state index contributed by atoms with van der Waals surface area (Å²) in [5.74, 6) is 0.573. The molecule has 2 amide bonds. The second kappa shape index (κ2) is 11.7. The average Bonchev–Trinajstić information content (AvgIpc) is 2.73. The predicted molar refractivity (Wildman–Crippen MR) is 118 cm³/mol. The molecule has 6 heteroatoms. The standard InChI is InChI=1S/C23H31N3O3/c1-4-15-26(16-5-2)23(28)18-11-13-19(14-12-18)25-22(27)17-24-20-9-7-8-10-21(20)29-6-3/h7-14,24H,4-6,15-17H2,1-3H3,(H,25,27). The van der Waals surface area contributed by atoms with Gasteiger partial charge in [-0.25, -0.2) is 0 Å². The summed E-state index contributed by atoms with van der Waals surface area (Å²) in [4.78, 5) is 26.8. The Hall–Kier alpha value is -3.02. The molecule has 0 atom stereocenters. The summed E-state index contributed by atoms with van der Waals surface area (Å²) in [6.45, 7) is 8.22. The van der Waals surface area contributed by atoms with Crippen LogP contribution in [0.4, 0.5) is 11.4 Å². The minimum Gasteiger partial charge on any atom is -0.492 e. The quantitative estimate of drug-likeness (QED) is 0.590. The van der Waals surface area contributed by atoms with E-state index < -0.39 is 0 Å². The number of rotatable bonds is 11. The number of carbonyl (C=O) groups is 2. The van der Waals surface area contributed by atoms with Crippen LogP contribution in [0, 0.1) is 0 Å². The molecular weight excluding hydrogens is 366 g/mol. The fourth-order valence-electron chi connectivity index (χ4n) is 3.01. The van der Waals surface area contributed by atoms with E-state index in [1.807, 2.05) is 36.1 Å². The Morgan fingerprint density at radius 3 is 2.21 bits per heavy atom. The van der Waals surface area contributed by atoms with Crippen molar-refractivity contribution in [3.8, 4) is 5.75 Å². The van der Waals surface area contributed by atoms with Gasteiger partial charge in [0.05, 0.1) is 18.8 Å². The number of amides is 2. The number of anilines is 2. The lowest BCUT2D eigenvalue weighted by atomic mass is 10.1. The maximum absolute atomic E-state index is 12.6. The monoisotopic (exact) mass is 397 g/mol. The topological polar surface area (TPSA) is 70.7 Å². The molecule has 0 saturated heterocycles. The molecule has 0 aliphatic rings.